The van der Waals surface area contributed by atoms with E-state index >= 15 is 0 Å². The van der Waals surface area contributed by atoms with E-state index in [0.29, 0.717) is 0 Å². The van der Waals surface area contributed by atoms with Crippen LogP contribution in [0.4, 0.5) is 0 Å². The lowest BCUT2D eigenvalue weighted by atomic mass is 10.1. The van der Waals surface area contributed by atoms with Crippen LogP contribution in [0.1, 0.15) is 51.1 Å². The number of unbranched alkanes of at least 4 members (excludes halogenated alkanes) is 2. The van der Waals surface area contributed by atoms with Crippen molar-refractivity contribution < 1.29 is 0 Å². The Morgan fingerprint density at radius 2 is 1.81 bits per heavy atom. The Kier molecular flexibility index (Phi) is 6.58. The van der Waals surface area contributed by atoms with Gasteiger partial charge < -0.3 is 5.73 Å². The molecule has 0 saturated heterocycles. The summed E-state index contributed by atoms with van der Waals surface area (Å²) in [5.74, 6) is 1.23. The average molecular weight is 237 g/mol. The van der Waals surface area contributed by atoms with E-state index in [1.807, 2.05) is 11.8 Å². The molecule has 0 radical (unpaired) electrons. The lowest BCUT2D eigenvalue weighted by Gasteiger charge is -2.09. The second-order valence-corrected chi connectivity index (χ2v) is 5.31. The van der Waals surface area contributed by atoms with Gasteiger partial charge in [0, 0.05) is 10.9 Å². The second-order valence-electron chi connectivity index (χ2n) is 4.14. The molecule has 0 aromatic heterocycles. The summed E-state index contributed by atoms with van der Waals surface area (Å²) in [5, 5.41) is 0. The summed E-state index contributed by atoms with van der Waals surface area (Å²) in [6.07, 6.45) is 4.96. The molecule has 0 fully saturated rings. The minimum Gasteiger partial charge on any atom is -0.324 e. The topological polar surface area (TPSA) is 26.0 Å². The molecule has 0 aliphatic rings. The highest BCUT2D eigenvalue weighted by Gasteiger charge is 2.02. The molecule has 0 aliphatic carbocycles. The first-order valence-electron chi connectivity index (χ1n) is 6.26. The maximum absolute atomic E-state index is 5.98. The van der Waals surface area contributed by atoms with Crippen LogP contribution in [-0.4, -0.2) is 5.75 Å². The predicted molar refractivity (Wildman–Crippen MR) is 73.9 cm³/mol. The molecule has 1 aromatic carbocycles. The van der Waals surface area contributed by atoms with Crippen LogP contribution in [0.2, 0.25) is 0 Å². The first-order chi connectivity index (χ1) is 7.77. The van der Waals surface area contributed by atoms with Gasteiger partial charge in [0.2, 0.25) is 0 Å². The number of hydrogen-bond acceptors (Lipinski definition) is 2. The van der Waals surface area contributed by atoms with E-state index in [2.05, 4.69) is 38.1 Å². The number of nitrogens with two attached hydrogens (primary N) is 1. The quantitative estimate of drug-likeness (QED) is 0.562. The first kappa shape index (κ1) is 13.6. The first-order valence-corrected chi connectivity index (χ1v) is 7.24. The fourth-order valence-corrected chi connectivity index (χ4v) is 2.50. The SMILES string of the molecule is CCCCCSc1ccc([C@H](N)CC)cc1. The van der Waals surface area contributed by atoms with Crippen LogP contribution in [0, 0.1) is 0 Å². The molecule has 16 heavy (non-hydrogen) atoms. The minimum atomic E-state index is 0.194. The van der Waals surface area contributed by atoms with Gasteiger partial charge in [-0.3, -0.25) is 0 Å². The maximum Gasteiger partial charge on any atom is 0.0292 e. The highest BCUT2D eigenvalue weighted by Crippen LogP contribution is 2.22. The van der Waals surface area contributed by atoms with Crippen LogP contribution >= 0.6 is 11.8 Å². The van der Waals surface area contributed by atoms with Crippen molar-refractivity contribution in [2.24, 2.45) is 5.73 Å². The molecule has 90 valence electrons. The summed E-state index contributed by atoms with van der Waals surface area (Å²) in [7, 11) is 0. The van der Waals surface area contributed by atoms with E-state index in [-0.39, 0.29) is 6.04 Å². The third-order valence-electron chi connectivity index (χ3n) is 2.76. The second kappa shape index (κ2) is 7.75. The maximum atomic E-state index is 5.98. The highest BCUT2D eigenvalue weighted by molar-refractivity contribution is 7.99. The van der Waals surface area contributed by atoms with Gasteiger partial charge in [-0.1, -0.05) is 38.8 Å². The van der Waals surface area contributed by atoms with Crippen LogP contribution < -0.4 is 5.73 Å². The molecule has 0 heterocycles. The van der Waals surface area contributed by atoms with Crippen LogP contribution in [0.15, 0.2) is 29.2 Å². The van der Waals surface area contributed by atoms with Gasteiger partial charge in [0.25, 0.3) is 0 Å². The van der Waals surface area contributed by atoms with Crippen molar-refractivity contribution in [3.63, 3.8) is 0 Å². The van der Waals surface area contributed by atoms with Crippen molar-refractivity contribution in [2.75, 3.05) is 5.75 Å². The molecule has 2 heteroatoms. The van der Waals surface area contributed by atoms with Gasteiger partial charge >= 0.3 is 0 Å². The lowest BCUT2D eigenvalue weighted by Crippen LogP contribution is -2.07. The number of rotatable bonds is 7. The van der Waals surface area contributed by atoms with Crippen LogP contribution in [0.5, 0.6) is 0 Å². The van der Waals surface area contributed by atoms with Gasteiger partial charge in [0.1, 0.15) is 0 Å². The highest BCUT2D eigenvalue weighted by atomic mass is 32.2. The molecular formula is C14H23NS. The fraction of sp³-hybridized carbons (Fsp3) is 0.571. The third kappa shape index (κ3) is 4.58. The summed E-state index contributed by atoms with van der Waals surface area (Å²) in [5.41, 5.74) is 7.23. The molecular weight excluding hydrogens is 214 g/mol. The van der Waals surface area contributed by atoms with Gasteiger partial charge in [-0.25, -0.2) is 0 Å². The molecule has 2 N–H and O–H groups in total. The molecule has 0 unspecified atom stereocenters. The zero-order valence-electron chi connectivity index (χ0n) is 10.4. The van der Waals surface area contributed by atoms with Crippen LogP contribution in [0.3, 0.4) is 0 Å². The largest absolute Gasteiger partial charge is 0.324 e. The lowest BCUT2D eigenvalue weighted by molar-refractivity contribution is 0.698. The van der Waals surface area contributed by atoms with Gasteiger partial charge in [-0.05, 0) is 36.3 Å². The van der Waals surface area contributed by atoms with E-state index in [4.69, 9.17) is 5.73 Å². The van der Waals surface area contributed by atoms with Crippen LogP contribution in [0.25, 0.3) is 0 Å². The smallest absolute Gasteiger partial charge is 0.0292 e. The van der Waals surface area contributed by atoms with E-state index in [1.165, 1.54) is 35.5 Å². The summed E-state index contributed by atoms with van der Waals surface area (Å²) in [6, 6.07) is 8.91. The zero-order valence-corrected chi connectivity index (χ0v) is 11.2. The summed E-state index contributed by atoms with van der Waals surface area (Å²) in [4.78, 5) is 1.36. The Balaban J connectivity index is 2.39. The molecule has 0 amide bonds. The van der Waals surface area contributed by atoms with E-state index < -0.39 is 0 Å². The number of benzene rings is 1. The monoisotopic (exact) mass is 237 g/mol. The number of thioether (sulfide) groups is 1. The number of hydrogen-bond donors (Lipinski definition) is 1. The van der Waals surface area contributed by atoms with E-state index in [0.717, 1.165) is 6.42 Å². The third-order valence-corrected chi connectivity index (χ3v) is 3.86. The van der Waals surface area contributed by atoms with Crippen molar-refractivity contribution in [3.05, 3.63) is 29.8 Å². The molecule has 0 aliphatic heterocycles. The molecule has 0 spiro atoms. The van der Waals surface area contributed by atoms with E-state index in [1.54, 1.807) is 0 Å². The molecule has 1 atom stereocenters. The van der Waals surface area contributed by atoms with Crippen molar-refractivity contribution in [3.8, 4) is 0 Å². The van der Waals surface area contributed by atoms with Crippen molar-refractivity contribution in [1.29, 1.82) is 0 Å². The van der Waals surface area contributed by atoms with Crippen molar-refractivity contribution in [2.45, 2.75) is 50.5 Å². The average Bonchev–Trinajstić information content (AvgIpc) is 2.34. The Bertz CT molecular complexity index is 281. The molecule has 0 bridgehead atoms. The molecule has 0 saturated carbocycles. The summed E-state index contributed by atoms with van der Waals surface area (Å²) in [6.45, 7) is 4.36. The van der Waals surface area contributed by atoms with Gasteiger partial charge in [-0.2, -0.15) is 0 Å². The fourth-order valence-electron chi connectivity index (χ4n) is 1.59. The van der Waals surface area contributed by atoms with Gasteiger partial charge in [0.05, 0.1) is 0 Å². The van der Waals surface area contributed by atoms with Crippen molar-refractivity contribution in [1.82, 2.24) is 0 Å². The van der Waals surface area contributed by atoms with E-state index in [9.17, 15) is 0 Å². The zero-order chi connectivity index (χ0) is 11.8. The minimum absolute atomic E-state index is 0.194. The molecule has 1 aromatic rings. The Labute approximate surface area is 104 Å². The Hall–Kier alpha value is -0.470. The molecule has 1 rings (SSSR count). The Morgan fingerprint density at radius 3 is 2.38 bits per heavy atom. The predicted octanol–water partition coefficient (Wildman–Crippen LogP) is 4.38. The summed E-state index contributed by atoms with van der Waals surface area (Å²) < 4.78 is 0. The van der Waals surface area contributed by atoms with Crippen molar-refractivity contribution >= 4 is 11.8 Å². The normalized spacial score (nSPS) is 12.7. The standard InChI is InChI=1S/C14H23NS/c1-3-5-6-11-16-13-9-7-12(8-10-13)14(15)4-2/h7-10,14H,3-6,11,15H2,1-2H3/t14-/m1/s1. The summed E-state index contributed by atoms with van der Waals surface area (Å²) >= 11 is 1.95. The van der Waals surface area contributed by atoms with Crippen LogP contribution in [-0.2, 0) is 0 Å². The molecule has 1 nitrogen and oxygen atoms in total. The Morgan fingerprint density at radius 1 is 1.12 bits per heavy atom. The van der Waals surface area contributed by atoms with Gasteiger partial charge in [-0.15, -0.1) is 11.8 Å². The van der Waals surface area contributed by atoms with Gasteiger partial charge in [0.15, 0.2) is 0 Å².